The van der Waals surface area contributed by atoms with Crippen molar-refractivity contribution in [2.24, 2.45) is 0 Å². The summed E-state index contributed by atoms with van der Waals surface area (Å²) in [7, 11) is 4.03. The quantitative estimate of drug-likeness (QED) is 0.782. The molecular weight excluding hydrogens is 249 g/mol. The molecule has 0 amide bonds. The molecule has 0 atom stereocenters. The maximum absolute atomic E-state index is 12.5. The molecule has 0 aromatic heterocycles. The minimum atomic E-state index is -2.75. The van der Waals surface area contributed by atoms with Crippen molar-refractivity contribution < 1.29 is 3.74 Å². The Hall–Kier alpha value is -0.622. The molecule has 0 saturated carbocycles. The van der Waals surface area contributed by atoms with E-state index in [-0.39, 0.29) is 0 Å². The monoisotopic (exact) mass is 269 g/mol. The Morgan fingerprint density at radius 1 is 1.07 bits per heavy atom. The normalized spacial score (nSPS) is 11.5. The second-order valence-electron chi connectivity index (χ2n) is 3.93. The van der Waals surface area contributed by atoms with Crippen LogP contribution in [0.15, 0.2) is 24.3 Å². The summed E-state index contributed by atoms with van der Waals surface area (Å²) in [6, 6.07) is 8.16. The molecule has 0 aliphatic heterocycles. The third-order valence-corrected chi connectivity index (χ3v) is 9.75. The SMILES string of the molecule is CC[As](=O)(CC)c1ccc(N(C)C)cc1. The van der Waals surface area contributed by atoms with Crippen LogP contribution in [0, 0.1) is 0 Å². The van der Waals surface area contributed by atoms with Gasteiger partial charge in [0, 0.05) is 0 Å². The molecule has 1 rings (SSSR count). The van der Waals surface area contributed by atoms with E-state index in [1.165, 1.54) is 0 Å². The van der Waals surface area contributed by atoms with Crippen molar-refractivity contribution in [2.45, 2.75) is 24.3 Å². The van der Waals surface area contributed by atoms with Crippen molar-refractivity contribution in [1.29, 1.82) is 0 Å². The predicted octanol–water partition coefficient (Wildman–Crippen LogP) is 2.38. The molecule has 0 radical (unpaired) electrons. The van der Waals surface area contributed by atoms with Gasteiger partial charge >= 0.3 is 94.8 Å². The van der Waals surface area contributed by atoms with Crippen LogP contribution in [0.1, 0.15) is 13.8 Å². The summed E-state index contributed by atoms with van der Waals surface area (Å²) in [6.45, 7) is 4.06. The molecule has 1 aromatic carbocycles. The molecule has 0 aliphatic carbocycles. The minimum absolute atomic E-state index is 0.816. The molecule has 0 saturated heterocycles. The molecule has 0 bridgehead atoms. The summed E-state index contributed by atoms with van der Waals surface area (Å²) in [5.74, 6) is 0. The van der Waals surface area contributed by atoms with Crippen LogP contribution in [0.5, 0.6) is 0 Å². The zero-order valence-electron chi connectivity index (χ0n) is 10.0. The number of nitrogens with zero attached hydrogens (tertiary/aromatic N) is 1. The third-order valence-electron chi connectivity index (χ3n) is 2.86. The molecular formula is C12H20AsNO. The second kappa shape index (κ2) is 4.94. The zero-order chi connectivity index (χ0) is 11.5. The molecule has 0 heterocycles. The topological polar surface area (TPSA) is 20.3 Å². The Morgan fingerprint density at radius 3 is 1.87 bits per heavy atom. The average molecular weight is 269 g/mol. The van der Waals surface area contributed by atoms with Gasteiger partial charge < -0.3 is 0 Å². The fourth-order valence-electron chi connectivity index (χ4n) is 1.61. The van der Waals surface area contributed by atoms with Crippen LogP contribution in [0.2, 0.25) is 10.4 Å². The van der Waals surface area contributed by atoms with Crippen LogP contribution in [0.4, 0.5) is 5.69 Å². The molecule has 0 spiro atoms. The number of benzene rings is 1. The molecule has 0 aliphatic rings. The standard InChI is InChI=1S/C12H20AsNO/c1-5-13(15,6-2)11-7-9-12(10-8-11)14(3)4/h7-10H,5-6H2,1-4H3. The molecule has 84 valence electrons. The first-order valence-electron chi connectivity index (χ1n) is 5.39. The fourth-order valence-corrected chi connectivity index (χ4v) is 5.53. The molecule has 15 heavy (non-hydrogen) atoms. The van der Waals surface area contributed by atoms with E-state index in [0.29, 0.717) is 0 Å². The molecule has 1 aromatic rings. The van der Waals surface area contributed by atoms with Gasteiger partial charge in [0.05, 0.1) is 0 Å². The van der Waals surface area contributed by atoms with Gasteiger partial charge in [-0.2, -0.15) is 0 Å². The van der Waals surface area contributed by atoms with Gasteiger partial charge in [0.15, 0.2) is 0 Å². The second-order valence-corrected chi connectivity index (χ2v) is 11.4. The van der Waals surface area contributed by atoms with E-state index in [2.05, 4.69) is 17.0 Å². The number of hydrogen-bond donors (Lipinski definition) is 0. The Kier molecular flexibility index (Phi) is 4.10. The Bertz CT molecular complexity index is 348. The van der Waals surface area contributed by atoms with Gasteiger partial charge in [-0.25, -0.2) is 0 Å². The van der Waals surface area contributed by atoms with E-state index >= 15 is 0 Å². The van der Waals surface area contributed by atoms with Gasteiger partial charge in [0.1, 0.15) is 0 Å². The van der Waals surface area contributed by atoms with Gasteiger partial charge in [0.25, 0.3) is 0 Å². The third kappa shape index (κ3) is 2.69. The van der Waals surface area contributed by atoms with E-state index in [1.807, 2.05) is 40.1 Å². The van der Waals surface area contributed by atoms with Crippen molar-refractivity contribution in [3.63, 3.8) is 0 Å². The fraction of sp³-hybridized carbons (Fsp3) is 0.500. The van der Waals surface area contributed by atoms with Gasteiger partial charge in [-0.05, 0) is 0 Å². The predicted molar refractivity (Wildman–Crippen MR) is 67.8 cm³/mol. The molecule has 0 N–H and O–H groups in total. The summed E-state index contributed by atoms with van der Waals surface area (Å²) < 4.78 is 13.6. The van der Waals surface area contributed by atoms with Gasteiger partial charge in [-0.3, -0.25) is 0 Å². The Morgan fingerprint density at radius 2 is 1.53 bits per heavy atom. The number of anilines is 1. The number of rotatable bonds is 4. The van der Waals surface area contributed by atoms with Crippen LogP contribution < -0.4 is 9.25 Å². The van der Waals surface area contributed by atoms with Crippen molar-refractivity contribution in [3.05, 3.63) is 24.3 Å². The summed E-state index contributed by atoms with van der Waals surface area (Å²) in [5, 5.41) is 1.63. The van der Waals surface area contributed by atoms with Crippen LogP contribution in [0.3, 0.4) is 0 Å². The van der Waals surface area contributed by atoms with E-state index in [9.17, 15) is 3.74 Å². The van der Waals surface area contributed by atoms with Crippen molar-refractivity contribution in [3.8, 4) is 0 Å². The van der Waals surface area contributed by atoms with Crippen LogP contribution in [0.25, 0.3) is 0 Å². The molecule has 0 fully saturated rings. The summed E-state index contributed by atoms with van der Waals surface area (Å²) in [5.41, 5.74) is 1.16. The van der Waals surface area contributed by atoms with E-state index in [4.69, 9.17) is 0 Å². The first-order valence-corrected chi connectivity index (χ1v) is 9.75. The Balaban J connectivity index is 3.03. The van der Waals surface area contributed by atoms with E-state index in [1.54, 1.807) is 0 Å². The summed E-state index contributed by atoms with van der Waals surface area (Å²) in [6.07, 6.45) is 0. The maximum atomic E-state index is 12.5. The molecule has 3 heteroatoms. The van der Waals surface area contributed by atoms with Crippen molar-refractivity contribution in [2.75, 3.05) is 19.0 Å². The van der Waals surface area contributed by atoms with Crippen LogP contribution in [-0.2, 0) is 3.74 Å². The zero-order valence-corrected chi connectivity index (χ0v) is 11.9. The van der Waals surface area contributed by atoms with E-state index < -0.39 is 13.5 Å². The first-order chi connectivity index (χ1) is 7.03. The van der Waals surface area contributed by atoms with Gasteiger partial charge in [-0.1, -0.05) is 0 Å². The van der Waals surface area contributed by atoms with Gasteiger partial charge in [-0.15, -0.1) is 0 Å². The average Bonchev–Trinajstić information content (AvgIpc) is 2.28. The Labute approximate surface area is 95.0 Å². The van der Waals surface area contributed by atoms with Crippen molar-refractivity contribution >= 4 is 23.5 Å². The molecule has 2 nitrogen and oxygen atoms in total. The number of hydrogen-bond acceptors (Lipinski definition) is 2. The molecule has 0 unspecified atom stereocenters. The van der Waals surface area contributed by atoms with Crippen LogP contribution >= 0.6 is 0 Å². The summed E-state index contributed by atoms with van der Waals surface area (Å²) >= 11 is -2.75. The summed E-state index contributed by atoms with van der Waals surface area (Å²) in [4.78, 5) is 2.05. The van der Waals surface area contributed by atoms with E-state index in [0.717, 1.165) is 20.5 Å². The van der Waals surface area contributed by atoms with Gasteiger partial charge in [0.2, 0.25) is 0 Å². The van der Waals surface area contributed by atoms with Crippen molar-refractivity contribution in [1.82, 2.24) is 0 Å². The first kappa shape index (κ1) is 12.4. The van der Waals surface area contributed by atoms with Crippen LogP contribution in [-0.4, -0.2) is 27.6 Å².